The zero-order chi connectivity index (χ0) is 10.8. The van der Waals surface area contributed by atoms with Gasteiger partial charge in [0.2, 0.25) is 0 Å². The second-order valence-corrected chi connectivity index (χ2v) is 6.01. The molecule has 1 nitrogen and oxygen atoms in total. The standard InChI is InChI=1S/C12H15Br2N/c13-9-5-6-10(11(14)7-9)12(15)8-3-1-2-4-8/h5-8,12H,1-4,15H2. The van der Waals surface area contributed by atoms with Crippen molar-refractivity contribution < 1.29 is 0 Å². The van der Waals surface area contributed by atoms with Gasteiger partial charge in [0.15, 0.2) is 0 Å². The predicted octanol–water partition coefficient (Wildman–Crippen LogP) is 4.40. The normalized spacial score (nSPS) is 19.4. The van der Waals surface area contributed by atoms with Crippen molar-refractivity contribution in [3.8, 4) is 0 Å². The van der Waals surface area contributed by atoms with Crippen molar-refractivity contribution in [2.45, 2.75) is 31.7 Å². The van der Waals surface area contributed by atoms with Crippen LogP contribution >= 0.6 is 31.9 Å². The summed E-state index contributed by atoms with van der Waals surface area (Å²) in [6, 6.07) is 6.45. The van der Waals surface area contributed by atoms with Crippen LogP contribution in [0.25, 0.3) is 0 Å². The lowest BCUT2D eigenvalue weighted by Gasteiger charge is -2.20. The van der Waals surface area contributed by atoms with E-state index < -0.39 is 0 Å². The molecule has 0 radical (unpaired) electrons. The minimum Gasteiger partial charge on any atom is -0.324 e. The van der Waals surface area contributed by atoms with Crippen LogP contribution in [-0.2, 0) is 0 Å². The van der Waals surface area contributed by atoms with Crippen molar-refractivity contribution in [3.05, 3.63) is 32.7 Å². The van der Waals surface area contributed by atoms with Gasteiger partial charge in [-0.05, 0) is 36.5 Å². The number of nitrogens with two attached hydrogens (primary N) is 1. The highest BCUT2D eigenvalue weighted by molar-refractivity contribution is 9.11. The van der Waals surface area contributed by atoms with Crippen LogP contribution in [-0.4, -0.2) is 0 Å². The van der Waals surface area contributed by atoms with Gasteiger partial charge in [0.25, 0.3) is 0 Å². The van der Waals surface area contributed by atoms with Gasteiger partial charge in [0.05, 0.1) is 0 Å². The van der Waals surface area contributed by atoms with Crippen LogP contribution in [0.4, 0.5) is 0 Å². The Bertz CT molecular complexity index is 345. The van der Waals surface area contributed by atoms with E-state index in [1.54, 1.807) is 0 Å². The molecule has 0 bridgehead atoms. The summed E-state index contributed by atoms with van der Waals surface area (Å²) >= 11 is 7.04. The van der Waals surface area contributed by atoms with Crippen molar-refractivity contribution in [2.75, 3.05) is 0 Å². The van der Waals surface area contributed by atoms with Gasteiger partial charge in [0, 0.05) is 15.0 Å². The van der Waals surface area contributed by atoms with Crippen LogP contribution in [0.5, 0.6) is 0 Å². The Hall–Kier alpha value is 0.140. The first-order chi connectivity index (χ1) is 7.18. The fourth-order valence-corrected chi connectivity index (χ4v) is 3.65. The Balaban J connectivity index is 2.20. The smallest absolute Gasteiger partial charge is 0.0334 e. The zero-order valence-electron chi connectivity index (χ0n) is 8.55. The van der Waals surface area contributed by atoms with Crippen molar-refractivity contribution in [2.24, 2.45) is 11.7 Å². The van der Waals surface area contributed by atoms with Crippen molar-refractivity contribution in [3.63, 3.8) is 0 Å². The third-order valence-electron chi connectivity index (χ3n) is 3.23. The highest BCUT2D eigenvalue weighted by Gasteiger charge is 2.24. The zero-order valence-corrected chi connectivity index (χ0v) is 11.7. The monoisotopic (exact) mass is 331 g/mol. The highest BCUT2D eigenvalue weighted by Crippen LogP contribution is 2.37. The molecule has 0 aliphatic heterocycles. The summed E-state index contributed by atoms with van der Waals surface area (Å²) in [5, 5.41) is 0. The van der Waals surface area contributed by atoms with E-state index >= 15 is 0 Å². The summed E-state index contributed by atoms with van der Waals surface area (Å²) in [5.74, 6) is 0.669. The Kier molecular flexibility index (Phi) is 3.86. The number of benzene rings is 1. The lowest BCUT2D eigenvalue weighted by atomic mass is 9.93. The molecule has 0 heterocycles. The third kappa shape index (κ3) is 2.63. The molecular weight excluding hydrogens is 318 g/mol. The number of rotatable bonds is 2. The van der Waals surface area contributed by atoms with E-state index in [4.69, 9.17) is 5.73 Å². The van der Waals surface area contributed by atoms with Gasteiger partial charge in [-0.15, -0.1) is 0 Å². The quantitative estimate of drug-likeness (QED) is 0.853. The largest absolute Gasteiger partial charge is 0.324 e. The molecule has 1 atom stereocenters. The molecule has 0 saturated heterocycles. The SMILES string of the molecule is NC(c1ccc(Br)cc1Br)C1CCCC1. The fourth-order valence-electron chi connectivity index (χ4n) is 2.34. The van der Waals surface area contributed by atoms with E-state index in [0.29, 0.717) is 5.92 Å². The van der Waals surface area contributed by atoms with Gasteiger partial charge in [0.1, 0.15) is 0 Å². The topological polar surface area (TPSA) is 26.0 Å². The van der Waals surface area contributed by atoms with Gasteiger partial charge in [-0.25, -0.2) is 0 Å². The molecule has 0 spiro atoms. The average Bonchev–Trinajstić information content (AvgIpc) is 2.69. The van der Waals surface area contributed by atoms with Crippen LogP contribution in [0.2, 0.25) is 0 Å². The van der Waals surface area contributed by atoms with Gasteiger partial charge < -0.3 is 5.73 Å². The second-order valence-electron chi connectivity index (χ2n) is 4.24. The summed E-state index contributed by atoms with van der Waals surface area (Å²) in [6.45, 7) is 0. The molecule has 2 N–H and O–H groups in total. The van der Waals surface area contributed by atoms with Gasteiger partial charge in [-0.2, -0.15) is 0 Å². The van der Waals surface area contributed by atoms with E-state index in [1.807, 2.05) is 0 Å². The summed E-state index contributed by atoms with van der Waals surface area (Å²) in [5.41, 5.74) is 7.55. The minimum absolute atomic E-state index is 0.190. The first-order valence-electron chi connectivity index (χ1n) is 5.39. The van der Waals surface area contributed by atoms with E-state index in [1.165, 1.54) is 31.2 Å². The summed E-state index contributed by atoms with van der Waals surface area (Å²) in [7, 11) is 0. The van der Waals surface area contributed by atoms with Crippen molar-refractivity contribution in [1.29, 1.82) is 0 Å². The Labute approximate surface area is 108 Å². The summed E-state index contributed by atoms with van der Waals surface area (Å²) in [6.07, 6.45) is 5.24. The molecular formula is C12H15Br2N. The molecule has 1 unspecified atom stereocenters. The van der Waals surface area contributed by atoms with E-state index in [-0.39, 0.29) is 6.04 Å². The summed E-state index contributed by atoms with van der Waals surface area (Å²) < 4.78 is 2.22. The first kappa shape index (κ1) is 11.6. The first-order valence-corrected chi connectivity index (χ1v) is 6.97. The molecule has 1 aliphatic rings. The Morgan fingerprint density at radius 3 is 2.47 bits per heavy atom. The average molecular weight is 333 g/mol. The maximum Gasteiger partial charge on any atom is 0.0334 e. The molecule has 1 aromatic carbocycles. The third-order valence-corrected chi connectivity index (χ3v) is 4.41. The molecule has 82 valence electrons. The molecule has 1 aromatic rings. The molecule has 1 aliphatic carbocycles. The fraction of sp³-hybridized carbons (Fsp3) is 0.500. The van der Waals surface area contributed by atoms with Crippen LogP contribution in [0.3, 0.4) is 0 Å². The predicted molar refractivity (Wildman–Crippen MR) is 70.7 cm³/mol. The number of hydrogen-bond acceptors (Lipinski definition) is 1. The van der Waals surface area contributed by atoms with Crippen LogP contribution in [0.1, 0.15) is 37.3 Å². The lowest BCUT2D eigenvalue weighted by Crippen LogP contribution is -2.19. The molecule has 2 rings (SSSR count). The van der Waals surface area contributed by atoms with E-state index in [9.17, 15) is 0 Å². The Morgan fingerprint density at radius 1 is 1.20 bits per heavy atom. The molecule has 0 aromatic heterocycles. The summed E-state index contributed by atoms with van der Waals surface area (Å²) in [4.78, 5) is 0. The molecule has 15 heavy (non-hydrogen) atoms. The molecule has 1 fully saturated rings. The highest BCUT2D eigenvalue weighted by atomic mass is 79.9. The van der Waals surface area contributed by atoms with Gasteiger partial charge >= 0.3 is 0 Å². The van der Waals surface area contributed by atoms with Crippen LogP contribution < -0.4 is 5.73 Å². The molecule has 3 heteroatoms. The maximum absolute atomic E-state index is 6.31. The van der Waals surface area contributed by atoms with Crippen LogP contribution in [0, 0.1) is 5.92 Å². The Morgan fingerprint density at radius 2 is 1.87 bits per heavy atom. The second kappa shape index (κ2) is 4.98. The molecule has 0 amide bonds. The van der Waals surface area contributed by atoms with E-state index in [2.05, 4.69) is 50.1 Å². The number of halogens is 2. The van der Waals surface area contributed by atoms with Crippen molar-refractivity contribution in [1.82, 2.24) is 0 Å². The van der Waals surface area contributed by atoms with Crippen molar-refractivity contribution >= 4 is 31.9 Å². The van der Waals surface area contributed by atoms with E-state index in [0.717, 1.165) is 8.95 Å². The lowest BCUT2D eigenvalue weighted by molar-refractivity contribution is 0.443. The van der Waals surface area contributed by atoms with Gasteiger partial charge in [-0.1, -0.05) is 50.8 Å². The minimum atomic E-state index is 0.190. The van der Waals surface area contributed by atoms with Gasteiger partial charge in [-0.3, -0.25) is 0 Å². The van der Waals surface area contributed by atoms with Crippen LogP contribution in [0.15, 0.2) is 27.1 Å². The molecule has 1 saturated carbocycles. The maximum atomic E-state index is 6.31. The number of hydrogen-bond donors (Lipinski definition) is 1.